The Bertz CT molecular complexity index is 912. The smallest absolute Gasteiger partial charge is 0.243 e. The van der Waals surface area contributed by atoms with Gasteiger partial charge in [-0.2, -0.15) is 4.31 Å². The lowest BCUT2D eigenvalue weighted by molar-refractivity contribution is -0.962. The molecule has 4 saturated carbocycles. The zero-order valence-electron chi connectivity index (χ0n) is 19.0. The van der Waals surface area contributed by atoms with Crippen LogP contribution in [0.4, 0.5) is 0 Å². The van der Waals surface area contributed by atoms with E-state index in [1.54, 1.807) is 22.4 Å². The van der Waals surface area contributed by atoms with Gasteiger partial charge in [0, 0.05) is 19.3 Å². The van der Waals surface area contributed by atoms with Crippen molar-refractivity contribution >= 4 is 10.0 Å². The largest absolute Gasteiger partial charge is 0.496 e. The van der Waals surface area contributed by atoms with E-state index in [1.165, 1.54) is 38.5 Å². The molecule has 6 heteroatoms. The molecule has 0 aromatic heterocycles. The third-order valence-corrected chi connectivity index (χ3v) is 10.9. The van der Waals surface area contributed by atoms with Crippen LogP contribution in [0.2, 0.25) is 0 Å². The molecule has 166 valence electrons. The molecule has 1 aliphatic heterocycles. The molecule has 5 aliphatic rings. The number of hydrogen-bond donors (Lipinski definition) is 1. The van der Waals surface area contributed by atoms with Gasteiger partial charge in [-0.15, -0.1) is 0 Å². The number of quaternary nitrogens is 1. The van der Waals surface area contributed by atoms with Gasteiger partial charge in [-0.25, -0.2) is 8.42 Å². The maximum absolute atomic E-state index is 13.5. The minimum atomic E-state index is -3.48. The van der Waals surface area contributed by atoms with Crippen molar-refractivity contribution in [1.29, 1.82) is 0 Å². The summed E-state index contributed by atoms with van der Waals surface area (Å²) in [6.45, 7) is 8.99. The lowest BCUT2D eigenvalue weighted by Crippen LogP contribution is -3.23. The normalized spacial score (nSPS) is 34.5. The summed E-state index contributed by atoms with van der Waals surface area (Å²) in [7, 11) is -1.83. The fourth-order valence-corrected chi connectivity index (χ4v) is 9.62. The maximum atomic E-state index is 13.5. The Balaban J connectivity index is 1.35. The number of piperazine rings is 1. The second-order valence-electron chi connectivity index (χ2n) is 10.7. The predicted octanol–water partition coefficient (Wildman–Crippen LogP) is 2.48. The highest BCUT2D eigenvalue weighted by Gasteiger charge is 2.56. The van der Waals surface area contributed by atoms with E-state index in [4.69, 9.17) is 4.74 Å². The molecule has 0 amide bonds. The Morgan fingerprint density at radius 1 is 0.967 bits per heavy atom. The first-order valence-electron chi connectivity index (χ1n) is 11.7. The van der Waals surface area contributed by atoms with Crippen LogP contribution in [0.1, 0.15) is 55.2 Å². The second kappa shape index (κ2) is 7.21. The fourth-order valence-electron chi connectivity index (χ4n) is 7.81. The first kappa shape index (κ1) is 20.8. The lowest BCUT2D eigenvalue weighted by atomic mass is 9.52. The van der Waals surface area contributed by atoms with Gasteiger partial charge in [0.2, 0.25) is 10.0 Å². The van der Waals surface area contributed by atoms with Gasteiger partial charge in [0.15, 0.2) is 0 Å². The van der Waals surface area contributed by atoms with Crippen molar-refractivity contribution in [2.75, 3.05) is 33.3 Å². The summed E-state index contributed by atoms with van der Waals surface area (Å²) in [6, 6.07) is 1.80. The van der Waals surface area contributed by atoms with Gasteiger partial charge in [0.25, 0.3) is 0 Å². The molecular formula is C24H37N2O3S+. The van der Waals surface area contributed by atoms with Crippen LogP contribution < -0.4 is 9.64 Å². The van der Waals surface area contributed by atoms with Crippen LogP contribution >= 0.6 is 0 Å². The van der Waals surface area contributed by atoms with Crippen molar-refractivity contribution in [2.45, 2.75) is 69.7 Å². The van der Waals surface area contributed by atoms with Crippen molar-refractivity contribution in [3.63, 3.8) is 0 Å². The zero-order valence-corrected chi connectivity index (χ0v) is 19.8. The maximum Gasteiger partial charge on any atom is 0.243 e. The molecule has 4 bridgehead atoms. The number of rotatable bonds is 4. The number of nitrogens with zero attached hydrogens (tertiary/aromatic N) is 1. The van der Waals surface area contributed by atoms with E-state index in [9.17, 15) is 8.42 Å². The van der Waals surface area contributed by atoms with Crippen LogP contribution in [-0.4, -0.2) is 51.6 Å². The topological polar surface area (TPSA) is 51.1 Å². The Labute approximate surface area is 181 Å². The van der Waals surface area contributed by atoms with Crippen LogP contribution in [0, 0.1) is 38.5 Å². The SMILES string of the molecule is COc1c(C)cc(S(=O)(=O)N2CC[NH+](C34CC5CC(CC(C5)C3)C4)CC2)c(C)c1C. The monoisotopic (exact) mass is 433 g/mol. The molecule has 1 N–H and O–H groups in total. The van der Waals surface area contributed by atoms with Gasteiger partial charge in [0.05, 0.1) is 43.7 Å². The molecular weight excluding hydrogens is 396 g/mol. The van der Waals surface area contributed by atoms with E-state index in [1.807, 2.05) is 20.8 Å². The van der Waals surface area contributed by atoms with E-state index in [2.05, 4.69) is 0 Å². The number of sulfonamides is 1. The summed E-state index contributed by atoms with van der Waals surface area (Å²) in [4.78, 5) is 2.16. The Hall–Kier alpha value is -1.11. The van der Waals surface area contributed by atoms with E-state index in [0.717, 1.165) is 53.3 Å². The minimum absolute atomic E-state index is 0.452. The molecule has 0 atom stereocenters. The van der Waals surface area contributed by atoms with Gasteiger partial charge in [-0.05, 0) is 80.5 Å². The molecule has 5 fully saturated rings. The number of benzene rings is 1. The first-order chi connectivity index (χ1) is 14.2. The molecule has 1 heterocycles. The fraction of sp³-hybridized carbons (Fsp3) is 0.750. The first-order valence-corrected chi connectivity index (χ1v) is 13.2. The standard InChI is InChI=1S/C24H36N2O3S/c1-16-9-22(17(2)18(3)23(16)29-4)30(27,28)26-7-5-25(6-8-26)24-13-19-10-20(14-24)12-21(11-19)15-24/h9,19-21H,5-8,10-15H2,1-4H3/p+1. The highest BCUT2D eigenvalue weighted by molar-refractivity contribution is 7.89. The third kappa shape index (κ3) is 3.13. The highest BCUT2D eigenvalue weighted by Crippen LogP contribution is 2.54. The number of methoxy groups -OCH3 is 1. The van der Waals surface area contributed by atoms with Crippen molar-refractivity contribution in [3.8, 4) is 5.75 Å². The van der Waals surface area contributed by atoms with Crippen LogP contribution in [0.5, 0.6) is 5.75 Å². The quantitative estimate of drug-likeness (QED) is 0.794. The van der Waals surface area contributed by atoms with E-state index >= 15 is 0 Å². The minimum Gasteiger partial charge on any atom is -0.496 e. The number of aryl methyl sites for hydroxylation is 1. The molecule has 0 spiro atoms. The molecule has 4 aliphatic carbocycles. The van der Waals surface area contributed by atoms with Gasteiger partial charge < -0.3 is 9.64 Å². The summed E-state index contributed by atoms with van der Waals surface area (Å²) in [5.74, 6) is 3.62. The van der Waals surface area contributed by atoms with Gasteiger partial charge in [0.1, 0.15) is 5.75 Å². The Morgan fingerprint density at radius 2 is 1.50 bits per heavy atom. The zero-order chi connectivity index (χ0) is 21.3. The van der Waals surface area contributed by atoms with Crippen molar-refractivity contribution < 1.29 is 18.1 Å². The molecule has 1 aromatic rings. The highest BCUT2D eigenvalue weighted by atomic mass is 32.2. The number of nitrogens with one attached hydrogen (secondary N) is 1. The number of hydrogen-bond acceptors (Lipinski definition) is 3. The molecule has 0 unspecified atom stereocenters. The van der Waals surface area contributed by atoms with Crippen molar-refractivity contribution in [1.82, 2.24) is 4.31 Å². The van der Waals surface area contributed by atoms with E-state index in [-0.39, 0.29) is 0 Å². The summed E-state index contributed by atoms with van der Waals surface area (Å²) >= 11 is 0. The average molecular weight is 434 g/mol. The predicted molar refractivity (Wildman–Crippen MR) is 118 cm³/mol. The molecule has 6 rings (SSSR count). The van der Waals surface area contributed by atoms with E-state index < -0.39 is 10.0 Å². The molecule has 5 nitrogen and oxygen atoms in total. The van der Waals surface area contributed by atoms with Crippen LogP contribution in [0.25, 0.3) is 0 Å². The number of ether oxygens (including phenoxy) is 1. The summed E-state index contributed by atoms with van der Waals surface area (Å²) in [5, 5.41) is 0. The molecule has 30 heavy (non-hydrogen) atoms. The van der Waals surface area contributed by atoms with Crippen LogP contribution in [0.15, 0.2) is 11.0 Å². The third-order valence-electron chi connectivity index (χ3n) is 8.91. The molecule has 0 radical (unpaired) electrons. The van der Waals surface area contributed by atoms with Gasteiger partial charge >= 0.3 is 0 Å². The van der Waals surface area contributed by atoms with Crippen LogP contribution in [0.3, 0.4) is 0 Å². The van der Waals surface area contributed by atoms with Gasteiger partial charge in [-0.3, -0.25) is 0 Å². The molecule has 1 aromatic carbocycles. The second-order valence-corrected chi connectivity index (χ2v) is 12.6. The van der Waals surface area contributed by atoms with Crippen molar-refractivity contribution in [2.24, 2.45) is 17.8 Å². The van der Waals surface area contributed by atoms with Crippen LogP contribution in [-0.2, 0) is 10.0 Å². The lowest BCUT2D eigenvalue weighted by Gasteiger charge is -2.59. The summed E-state index contributed by atoms with van der Waals surface area (Å²) in [6.07, 6.45) is 8.54. The average Bonchev–Trinajstić information content (AvgIpc) is 2.70. The molecule has 1 saturated heterocycles. The van der Waals surface area contributed by atoms with E-state index in [0.29, 0.717) is 23.5 Å². The summed E-state index contributed by atoms with van der Waals surface area (Å²) in [5.41, 5.74) is 3.08. The summed E-state index contributed by atoms with van der Waals surface area (Å²) < 4.78 is 34.3. The van der Waals surface area contributed by atoms with Crippen molar-refractivity contribution in [3.05, 3.63) is 22.8 Å². The Morgan fingerprint density at radius 3 is 2.00 bits per heavy atom. The van der Waals surface area contributed by atoms with Gasteiger partial charge in [-0.1, -0.05) is 0 Å². The Kier molecular flexibility index (Phi) is 4.99.